The van der Waals surface area contributed by atoms with Crippen molar-refractivity contribution in [1.29, 1.82) is 0 Å². The zero-order valence-electron chi connectivity index (χ0n) is 8.83. The van der Waals surface area contributed by atoms with Gasteiger partial charge in [0.05, 0.1) is 0 Å². The average Bonchev–Trinajstić information content (AvgIpc) is 2.60. The van der Waals surface area contributed by atoms with Crippen LogP contribution in [-0.2, 0) is 11.2 Å². The van der Waals surface area contributed by atoms with Crippen LogP contribution in [0.15, 0.2) is 15.9 Å². The summed E-state index contributed by atoms with van der Waals surface area (Å²) in [6, 6.07) is 2.01. The summed E-state index contributed by atoms with van der Waals surface area (Å²) in [7, 11) is 0. The summed E-state index contributed by atoms with van der Waals surface area (Å²) >= 11 is 5.01. The molecule has 0 aliphatic rings. The Morgan fingerprint density at radius 3 is 2.93 bits per heavy atom. The van der Waals surface area contributed by atoms with E-state index in [0.29, 0.717) is 18.7 Å². The fourth-order valence-corrected chi connectivity index (χ4v) is 2.84. The minimum atomic E-state index is 0.134. The van der Waals surface area contributed by atoms with Gasteiger partial charge in [-0.1, -0.05) is 6.92 Å². The van der Waals surface area contributed by atoms with E-state index in [2.05, 4.69) is 15.9 Å². The topological polar surface area (TPSA) is 43.1 Å². The summed E-state index contributed by atoms with van der Waals surface area (Å²) in [5, 5.41) is 2.01. The number of carbonyl (C=O) groups excluding carboxylic acids is 1. The predicted octanol–water partition coefficient (Wildman–Crippen LogP) is 3.00. The molecule has 0 spiro atoms. The van der Waals surface area contributed by atoms with E-state index < -0.39 is 0 Å². The molecule has 0 radical (unpaired) electrons. The zero-order chi connectivity index (χ0) is 11.3. The molecule has 0 bridgehead atoms. The van der Waals surface area contributed by atoms with Crippen LogP contribution in [0.1, 0.15) is 24.6 Å². The number of Topliss-reactive ketones (excluding diaryl/α,β-unsaturated/α-hetero) is 1. The van der Waals surface area contributed by atoms with E-state index in [9.17, 15) is 4.79 Å². The van der Waals surface area contributed by atoms with E-state index in [1.54, 1.807) is 11.3 Å². The second kappa shape index (κ2) is 6.40. The average molecular weight is 290 g/mol. The van der Waals surface area contributed by atoms with Crippen molar-refractivity contribution in [3.8, 4) is 0 Å². The van der Waals surface area contributed by atoms with Crippen LogP contribution in [-0.4, -0.2) is 12.3 Å². The van der Waals surface area contributed by atoms with Crippen molar-refractivity contribution in [2.24, 2.45) is 11.7 Å². The monoisotopic (exact) mass is 289 g/mol. The second-order valence-corrected chi connectivity index (χ2v) is 5.62. The third-order valence-corrected chi connectivity index (χ3v) is 4.06. The second-order valence-electron chi connectivity index (χ2n) is 3.71. The Bertz CT molecular complexity index is 324. The van der Waals surface area contributed by atoms with Crippen LogP contribution in [0.25, 0.3) is 0 Å². The van der Waals surface area contributed by atoms with E-state index in [1.165, 1.54) is 0 Å². The first-order valence-corrected chi connectivity index (χ1v) is 6.76. The molecule has 2 N–H and O–H groups in total. The van der Waals surface area contributed by atoms with Crippen LogP contribution in [0.2, 0.25) is 0 Å². The summed E-state index contributed by atoms with van der Waals surface area (Å²) in [4.78, 5) is 12.9. The fraction of sp³-hybridized carbons (Fsp3) is 0.545. The quantitative estimate of drug-likeness (QED) is 0.875. The molecule has 1 rings (SSSR count). The maximum absolute atomic E-state index is 11.8. The normalized spacial score (nSPS) is 12.7. The van der Waals surface area contributed by atoms with Gasteiger partial charge >= 0.3 is 0 Å². The Kier molecular flexibility index (Phi) is 5.50. The first-order valence-electron chi connectivity index (χ1n) is 5.09. The lowest BCUT2D eigenvalue weighted by Gasteiger charge is -2.08. The van der Waals surface area contributed by atoms with Gasteiger partial charge in [-0.25, -0.2) is 0 Å². The number of halogens is 1. The number of hydrogen-bond acceptors (Lipinski definition) is 3. The van der Waals surface area contributed by atoms with Crippen LogP contribution in [0.3, 0.4) is 0 Å². The van der Waals surface area contributed by atoms with Crippen molar-refractivity contribution in [2.75, 3.05) is 6.54 Å². The molecule has 0 saturated carbocycles. The van der Waals surface area contributed by atoms with Crippen molar-refractivity contribution < 1.29 is 4.79 Å². The highest BCUT2D eigenvalue weighted by Gasteiger charge is 2.13. The molecule has 1 atom stereocenters. The third-order valence-electron chi connectivity index (χ3n) is 2.36. The molecule has 1 unspecified atom stereocenters. The number of thiophene rings is 1. The van der Waals surface area contributed by atoms with Crippen molar-refractivity contribution in [2.45, 2.75) is 26.2 Å². The van der Waals surface area contributed by atoms with Gasteiger partial charge in [0.15, 0.2) is 0 Å². The predicted molar refractivity (Wildman–Crippen MR) is 68.2 cm³/mol. The molecule has 2 nitrogen and oxygen atoms in total. The Balaban J connectivity index is 2.41. The summed E-state index contributed by atoms with van der Waals surface area (Å²) in [5.41, 5.74) is 5.42. The number of rotatable bonds is 6. The number of hydrogen-bond donors (Lipinski definition) is 1. The molecule has 0 aromatic carbocycles. The summed E-state index contributed by atoms with van der Waals surface area (Å²) in [6.45, 7) is 2.66. The highest BCUT2D eigenvalue weighted by molar-refractivity contribution is 9.10. The molecule has 0 aliphatic heterocycles. The summed E-state index contributed by atoms with van der Waals surface area (Å²) < 4.78 is 1.06. The van der Waals surface area contributed by atoms with Gasteiger partial charge in [-0.15, -0.1) is 11.3 Å². The van der Waals surface area contributed by atoms with Crippen molar-refractivity contribution in [3.05, 3.63) is 20.8 Å². The van der Waals surface area contributed by atoms with Gasteiger partial charge in [-0.2, -0.15) is 0 Å². The first-order chi connectivity index (χ1) is 7.13. The standard InChI is InChI=1S/C11H16BrNOS/c1-8(3-2-4-13)11(14)6-10-5-9(12)7-15-10/h5,7-8H,2-4,6,13H2,1H3. The lowest BCUT2D eigenvalue weighted by Crippen LogP contribution is -2.14. The van der Waals surface area contributed by atoms with Gasteiger partial charge in [0, 0.05) is 27.1 Å². The van der Waals surface area contributed by atoms with Crippen LogP contribution in [0.5, 0.6) is 0 Å². The largest absolute Gasteiger partial charge is 0.330 e. The van der Waals surface area contributed by atoms with E-state index >= 15 is 0 Å². The molecule has 0 aliphatic carbocycles. The maximum atomic E-state index is 11.8. The van der Waals surface area contributed by atoms with Gasteiger partial charge in [0.25, 0.3) is 0 Å². The Hall–Kier alpha value is -0.190. The van der Waals surface area contributed by atoms with Gasteiger partial charge in [-0.3, -0.25) is 4.79 Å². The smallest absolute Gasteiger partial charge is 0.140 e. The molecule has 0 fully saturated rings. The van der Waals surface area contributed by atoms with Crippen LogP contribution in [0.4, 0.5) is 0 Å². The highest BCUT2D eigenvalue weighted by Crippen LogP contribution is 2.21. The van der Waals surface area contributed by atoms with E-state index in [1.807, 2.05) is 18.4 Å². The van der Waals surface area contributed by atoms with Gasteiger partial charge in [0.1, 0.15) is 5.78 Å². The number of nitrogens with two attached hydrogens (primary N) is 1. The third kappa shape index (κ3) is 4.45. The van der Waals surface area contributed by atoms with Crippen molar-refractivity contribution in [1.82, 2.24) is 0 Å². The molecule has 84 valence electrons. The molecule has 15 heavy (non-hydrogen) atoms. The first kappa shape index (κ1) is 12.9. The van der Waals surface area contributed by atoms with E-state index in [0.717, 1.165) is 22.2 Å². The minimum absolute atomic E-state index is 0.134. The zero-order valence-corrected chi connectivity index (χ0v) is 11.2. The van der Waals surface area contributed by atoms with Crippen molar-refractivity contribution in [3.63, 3.8) is 0 Å². The van der Waals surface area contributed by atoms with Crippen LogP contribution >= 0.6 is 27.3 Å². The Morgan fingerprint density at radius 2 is 2.40 bits per heavy atom. The molecule has 4 heteroatoms. The Labute approximate surface area is 103 Å². The number of ketones is 1. The molecular weight excluding hydrogens is 274 g/mol. The van der Waals surface area contributed by atoms with E-state index in [4.69, 9.17) is 5.73 Å². The number of carbonyl (C=O) groups is 1. The molecule has 1 heterocycles. The van der Waals surface area contributed by atoms with Crippen molar-refractivity contribution >= 4 is 33.0 Å². The fourth-order valence-electron chi connectivity index (χ4n) is 1.38. The molecule has 1 aromatic heterocycles. The SMILES string of the molecule is CC(CCCN)C(=O)Cc1cc(Br)cs1. The molecular formula is C11H16BrNOS. The summed E-state index contributed by atoms with van der Waals surface area (Å²) in [5.74, 6) is 0.451. The van der Waals surface area contributed by atoms with E-state index in [-0.39, 0.29) is 5.92 Å². The van der Waals surface area contributed by atoms with Crippen LogP contribution in [0, 0.1) is 5.92 Å². The van der Waals surface area contributed by atoms with Gasteiger partial charge in [0.2, 0.25) is 0 Å². The highest BCUT2D eigenvalue weighted by atomic mass is 79.9. The molecule has 0 amide bonds. The lowest BCUT2D eigenvalue weighted by atomic mass is 9.98. The molecule has 1 aromatic rings. The molecule has 0 saturated heterocycles. The van der Waals surface area contributed by atoms with Gasteiger partial charge in [-0.05, 0) is 41.4 Å². The lowest BCUT2D eigenvalue weighted by molar-refractivity contribution is -0.121. The van der Waals surface area contributed by atoms with Crippen LogP contribution < -0.4 is 5.73 Å². The van der Waals surface area contributed by atoms with Gasteiger partial charge < -0.3 is 5.73 Å². The summed E-state index contributed by atoms with van der Waals surface area (Å²) in [6.07, 6.45) is 2.39. The Morgan fingerprint density at radius 1 is 1.67 bits per heavy atom. The maximum Gasteiger partial charge on any atom is 0.140 e. The minimum Gasteiger partial charge on any atom is -0.330 e.